The van der Waals surface area contributed by atoms with Crippen molar-refractivity contribution in [3.8, 4) is 11.5 Å². The molecule has 2 N–H and O–H groups in total. The van der Waals surface area contributed by atoms with Gasteiger partial charge in [0.15, 0.2) is 0 Å². The number of rotatable bonds is 8. The van der Waals surface area contributed by atoms with Gasteiger partial charge in [-0.05, 0) is 30.2 Å². The van der Waals surface area contributed by atoms with E-state index in [0.29, 0.717) is 41.0 Å². The SMILES string of the molecule is C=CCc1c(OC)c(NC(C)=O)cc2c(NCc3ccc(OC)c(Cl)c3)ncnc12. The molecule has 1 heterocycles. The predicted molar refractivity (Wildman–Crippen MR) is 120 cm³/mol. The minimum atomic E-state index is -0.198. The Morgan fingerprint density at radius 1 is 1.23 bits per heavy atom. The van der Waals surface area contributed by atoms with Crippen LogP contribution < -0.4 is 20.1 Å². The number of amides is 1. The number of hydrogen-bond donors (Lipinski definition) is 2. The van der Waals surface area contributed by atoms with E-state index in [9.17, 15) is 4.79 Å². The fourth-order valence-electron chi connectivity index (χ4n) is 3.25. The lowest BCUT2D eigenvalue weighted by atomic mass is 10.0. The van der Waals surface area contributed by atoms with Gasteiger partial charge in [-0.1, -0.05) is 23.7 Å². The first-order valence-electron chi connectivity index (χ1n) is 9.27. The first-order valence-corrected chi connectivity index (χ1v) is 9.65. The smallest absolute Gasteiger partial charge is 0.221 e. The summed E-state index contributed by atoms with van der Waals surface area (Å²) in [5.74, 6) is 1.61. The van der Waals surface area contributed by atoms with Gasteiger partial charge in [-0.3, -0.25) is 4.79 Å². The lowest BCUT2D eigenvalue weighted by Crippen LogP contribution is -2.10. The fourth-order valence-corrected chi connectivity index (χ4v) is 3.53. The average Bonchev–Trinajstić information content (AvgIpc) is 2.72. The molecular formula is C22H23ClN4O3. The number of aromatic nitrogens is 2. The van der Waals surface area contributed by atoms with Crippen molar-refractivity contribution in [1.82, 2.24) is 9.97 Å². The number of benzene rings is 2. The van der Waals surface area contributed by atoms with Gasteiger partial charge < -0.3 is 20.1 Å². The zero-order chi connectivity index (χ0) is 21.7. The van der Waals surface area contributed by atoms with Crippen LogP contribution in [0, 0.1) is 0 Å². The van der Waals surface area contributed by atoms with E-state index in [1.165, 1.54) is 13.3 Å². The highest BCUT2D eigenvalue weighted by Gasteiger charge is 2.18. The van der Waals surface area contributed by atoms with Crippen molar-refractivity contribution >= 4 is 39.9 Å². The largest absolute Gasteiger partial charge is 0.495 e. The maximum Gasteiger partial charge on any atom is 0.221 e. The number of fused-ring (bicyclic) bond motifs is 1. The minimum absolute atomic E-state index is 0.198. The predicted octanol–water partition coefficient (Wildman–Crippen LogP) is 4.60. The molecule has 0 saturated carbocycles. The van der Waals surface area contributed by atoms with Crippen molar-refractivity contribution in [1.29, 1.82) is 0 Å². The molecule has 1 aromatic heterocycles. The standard InChI is InChI=1S/C22H23ClN4O3/c1-5-6-15-20-16(10-18(21(15)30-4)27-13(2)28)22(26-12-25-20)24-11-14-7-8-19(29-3)17(23)9-14/h5,7-10,12H,1,6,11H2,2-4H3,(H,27,28)(H,24,25,26). The third kappa shape index (κ3) is 4.46. The highest BCUT2D eigenvalue weighted by Crippen LogP contribution is 2.37. The van der Waals surface area contributed by atoms with Crippen LogP contribution in [0.4, 0.5) is 11.5 Å². The zero-order valence-electron chi connectivity index (χ0n) is 17.1. The molecule has 30 heavy (non-hydrogen) atoms. The maximum atomic E-state index is 11.7. The Hall–Kier alpha value is -3.32. The third-order valence-electron chi connectivity index (χ3n) is 4.52. The second-order valence-corrected chi connectivity index (χ2v) is 6.96. The Morgan fingerprint density at radius 3 is 2.67 bits per heavy atom. The van der Waals surface area contributed by atoms with Crippen molar-refractivity contribution in [3.05, 3.63) is 59.4 Å². The van der Waals surface area contributed by atoms with Crippen LogP contribution in [0.25, 0.3) is 10.9 Å². The van der Waals surface area contributed by atoms with E-state index in [0.717, 1.165) is 22.0 Å². The number of methoxy groups -OCH3 is 2. The number of halogens is 1. The van der Waals surface area contributed by atoms with E-state index in [1.54, 1.807) is 20.3 Å². The molecule has 1 amide bonds. The molecule has 0 aliphatic carbocycles. The van der Waals surface area contributed by atoms with E-state index in [-0.39, 0.29) is 5.91 Å². The molecule has 0 bridgehead atoms. The molecule has 3 aromatic rings. The van der Waals surface area contributed by atoms with E-state index < -0.39 is 0 Å². The summed E-state index contributed by atoms with van der Waals surface area (Å²) in [6, 6.07) is 7.40. The van der Waals surface area contributed by atoms with Crippen molar-refractivity contribution in [2.24, 2.45) is 0 Å². The van der Waals surface area contributed by atoms with Gasteiger partial charge in [0.25, 0.3) is 0 Å². The molecule has 0 radical (unpaired) electrons. The fraction of sp³-hybridized carbons (Fsp3) is 0.227. The number of nitrogens with one attached hydrogen (secondary N) is 2. The summed E-state index contributed by atoms with van der Waals surface area (Å²) in [4.78, 5) is 20.6. The molecule has 0 aliphatic rings. The summed E-state index contributed by atoms with van der Waals surface area (Å²) in [7, 11) is 3.14. The van der Waals surface area contributed by atoms with Crippen LogP contribution in [0.1, 0.15) is 18.1 Å². The molecule has 156 valence electrons. The van der Waals surface area contributed by atoms with Crippen molar-refractivity contribution in [2.75, 3.05) is 24.9 Å². The Kier molecular flexibility index (Phi) is 6.74. The Balaban J connectivity index is 2.04. The van der Waals surface area contributed by atoms with E-state index in [4.69, 9.17) is 21.1 Å². The first kappa shape index (κ1) is 21.4. The first-order chi connectivity index (χ1) is 14.5. The summed E-state index contributed by atoms with van der Waals surface area (Å²) in [5, 5.41) is 7.45. The van der Waals surface area contributed by atoms with Crippen molar-refractivity contribution in [2.45, 2.75) is 19.9 Å². The number of hydrogen-bond acceptors (Lipinski definition) is 6. The van der Waals surface area contributed by atoms with Gasteiger partial charge in [-0.25, -0.2) is 9.97 Å². The molecule has 0 spiro atoms. The topological polar surface area (TPSA) is 85.4 Å². The Labute approximate surface area is 180 Å². The van der Waals surface area contributed by atoms with Gasteiger partial charge >= 0.3 is 0 Å². The highest BCUT2D eigenvalue weighted by atomic mass is 35.5. The van der Waals surface area contributed by atoms with Gasteiger partial charge in [-0.15, -0.1) is 6.58 Å². The van der Waals surface area contributed by atoms with Crippen LogP contribution in [-0.4, -0.2) is 30.1 Å². The van der Waals surface area contributed by atoms with Gasteiger partial charge in [-0.2, -0.15) is 0 Å². The number of anilines is 2. The number of nitrogens with zero attached hydrogens (tertiary/aromatic N) is 2. The van der Waals surface area contributed by atoms with Crippen molar-refractivity contribution < 1.29 is 14.3 Å². The molecule has 0 atom stereocenters. The molecular weight excluding hydrogens is 404 g/mol. The maximum absolute atomic E-state index is 11.7. The van der Waals surface area contributed by atoms with Crippen LogP contribution in [0.2, 0.25) is 5.02 Å². The molecule has 0 unspecified atom stereocenters. The van der Waals surface area contributed by atoms with E-state index in [2.05, 4.69) is 27.2 Å². The molecule has 0 fully saturated rings. The molecule has 7 nitrogen and oxygen atoms in total. The van der Waals surface area contributed by atoms with Gasteiger partial charge in [0.1, 0.15) is 23.6 Å². The van der Waals surface area contributed by atoms with Crippen LogP contribution in [0.5, 0.6) is 11.5 Å². The second-order valence-electron chi connectivity index (χ2n) is 6.55. The number of ether oxygens (including phenoxy) is 2. The zero-order valence-corrected chi connectivity index (χ0v) is 17.8. The van der Waals surface area contributed by atoms with E-state index >= 15 is 0 Å². The third-order valence-corrected chi connectivity index (χ3v) is 4.81. The van der Waals surface area contributed by atoms with Gasteiger partial charge in [0, 0.05) is 24.4 Å². The second kappa shape index (κ2) is 9.45. The lowest BCUT2D eigenvalue weighted by Gasteiger charge is -2.17. The number of carbonyl (C=O) groups is 1. The summed E-state index contributed by atoms with van der Waals surface area (Å²) in [6.07, 6.45) is 3.79. The van der Waals surface area contributed by atoms with Crippen molar-refractivity contribution in [3.63, 3.8) is 0 Å². The summed E-state index contributed by atoms with van der Waals surface area (Å²) < 4.78 is 10.8. The van der Waals surface area contributed by atoms with Crippen LogP contribution in [-0.2, 0) is 17.8 Å². The lowest BCUT2D eigenvalue weighted by molar-refractivity contribution is -0.114. The number of carbonyl (C=O) groups excluding carboxylic acids is 1. The molecule has 3 rings (SSSR count). The van der Waals surface area contributed by atoms with Crippen LogP contribution >= 0.6 is 11.6 Å². The average molecular weight is 427 g/mol. The summed E-state index contributed by atoms with van der Waals surface area (Å²) in [6.45, 7) is 5.77. The van der Waals surface area contributed by atoms with E-state index in [1.807, 2.05) is 24.3 Å². The molecule has 0 saturated heterocycles. The molecule has 0 aliphatic heterocycles. The quantitative estimate of drug-likeness (QED) is 0.512. The molecule has 8 heteroatoms. The van der Waals surface area contributed by atoms with Gasteiger partial charge in [0.2, 0.25) is 5.91 Å². The minimum Gasteiger partial charge on any atom is -0.495 e. The highest BCUT2D eigenvalue weighted by molar-refractivity contribution is 6.32. The Bertz CT molecular complexity index is 1100. The Morgan fingerprint density at radius 2 is 2.03 bits per heavy atom. The summed E-state index contributed by atoms with van der Waals surface area (Å²) >= 11 is 6.22. The van der Waals surface area contributed by atoms with Crippen LogP contribution in [0.3, 0.4) is 0 Å². The molecule has 2 aromatic carbocycles. The van der Waals surface area contributed by atoms with Crippen LogP contribution in [0.15, 0.2) is 43.2 Å². The number of allylic oxidation sites excluding steroid dienone is 1. The summed E-state index contributed by atoms with van der Waals surface area (Å²) in [5.41, 5.74) is 3.08. The normalized spacial score (nSPS) is 10.5. The monoisotopic (exact) mass is 426 g/mol. The van der Waals surface area contributed by atoms with Gasteiger partial charge in [0.05, 0.1) is 30.4 Å².